The summed E-state index contributed by atoms with van der Waals surface area (Å²) in [5.74, 6) is 0.863. The fourth-order valence-electron chi connectivity index (χ4n) is 2.39. The first-order chi connectivity index (χ1) is 9.54. The molecule has 0 fully saturated rings. The van der Waals surface area contributed by atoms with E-state index >= 15 is 0 Å². The summed E-state index contributed by atoms with van der Waals surface area (Å²) in [4.78, 5) is 0. The first-order valence-electron chi connectivity index (χ1n) is 6.21. The molecule has 0 amide bonds. The number of halogens is 3. The highest BCUT2D eigenvalue weighted by atomic mass is 79.9. The van der Waals surface area contributed by atoms with Crippen molar-refractivity contribution in [3.8, 4) is 5.75 Å². The number of ether oxygens (including phenoxy) is 1. The van der Waals surface area contributed by atoms with Crippen molar-refractivity contribution in [3.63, 3.8) is 0 Å². The zero-order valence-electron chi connectivity index (χ0n) is 10.4. The zero-order valence-corrected chi connectivity index (χ0v) is 15.2. The Kier molecular flexibility index (Phi) is 4.22. The van der Waals surface area contributed by atoms with E-state index in [4.69, 9.17) is 10.5 Å². The lowest BCUT2D eigenvalue weighted by Crippen LogP contribution is -2.24. The van der Waals surface area contributed by atoms with Gasteiger partial charge in [-0.15, -0.1) is 0 Å². The first-order valence-corrected chi connectivity index (χ1v) is 8.59. The SMILES string of the molecule is N[C@@H]1CC(c2ccc(Br)c(Br)c2)Oc2cc(Br)ccc21. The molecular formula is C15H12Br3NO. The molecule has 2 atom stereocenters. The summed E-state index contributed by atoms with van der Waals surface area (Å²) in [6.45, 7) is 0. The lowest BCUT2D eigenvalue weighted by atomic mass is 9.94. The molecule has 2 nitrogen and oxygen atoms in total. The standard InChI is InChI=1S/C15H12Br3NO/c16-9-2-3-10-13(19)7-14(20-15(10)6-9)8-1-4-11(17)12(18)5-8/h1-6,13-14H,7,19H2/t13-,14?/m1/s1. The lowest BCUT2D eigenvalue weighted by Gasteiger charge is -2.31. The van der Waals surface area contributed by atoms with Crippen LogP contribution in [-0.4, -0.2) is 0 Å². The fraction of sp³-hybridized carbons (Fsp3) is 0.200. The second-order valence-corrected chi connectivity index (χ2v) is 7.43. The molecule has 0 spiro atoms. The Morgan fingerprint density at radius 2 is 1.80 bits per heavy atom. The highest BCUT2D eigenvalue weighted by Crippen LogP contribution is 2.41. The largest absolute Gasteiger partial charge is 0.485 e. The van der Waals surface area contributed by atoms with Gasteiger partial charge in [0.1, 0.15) is 11.9 Å². The smallest absolute Gasteiger partial charge is 0.126 e. The molecule has 3 rings (SSSR count). The minimum atomic E-state index is -0.0174. The Morgan fingerprint density at radius 3 is 2.55 bits per heavy atom. The Balaban J connectivity index is 1.96. The average molecular weight is 462 g/mol. The van der Waals surface area contributed by atoms with Crippen molar-refractivity contribution in [2.24, 2.45) is 5.73 Å². The van der Waals surface area contributed by atoms with Gasteiger partial charge in [-0.05, 0) is 61.7 Å². The van der Waals surface area contributed by atoms with E-state index in [1.165, 1.54) is 0 Å². The minimum Gasteiger partial charge on any atom is -0.485 e. The van der Waals surface area contributed by atoms with Crippen molar-refractivity contribution < 1.29 is 4.74 Å². The molecule has 2 N–H and O–H groups in total. The van der Waals surface area contributed by atoms with Crippen molar-refractivity contribution in [2.45, 2.75) is 18.6 Å². The molecule has 2 aromatic carbocycles. The molecule has 2 aromatic rings. The predicted molar refractivity (Wildman–Crippen MR) is 90.9 cm³/mol. The van der Waals surface area contributed by atoms with Gasteiger partial charge in [0.2, 0.25) is 0 Å². The number of fused-ring (bicyclic) bond motifs is 1. The topological polar surface area (TPSA) is 35.2 Å². The van der Waals surface area contributed by atoms with Gasteiger partial charge in [0, 0.05) is 31.4 Å². The van der Waals surface area contributed by atoms with Crippen molar-refractivity contribution in [2.75, 3.05) is 0 Å². The summed E-state index contributed by atoms with van der Waals surface area (Å²) in [6, 6.07) is 12.2. The third kappa shape index (κ3) is 2.82. The number of hydrogen-bond acceptors (Lipinski definition) is 2. The number of nitrogens with two attached hydrogens (primary N) is 1. The number of benzene rings is 2. The first kappa shape index (κ1) is 14.6. The number of rotatable bonds is 1. The van der Waals surface area contributed by atoms with E-state index in [-0.39, 0.29) is 12.1 Å². The highest BCUT2D eigenvalue weighted by Gasteiger charge is 2.27. The second kappa shape index (κ2) is 5.79. The van der Waals surface area contributed by atoms with Crippen LogP contribution in [0.3, 0.4) is 0 Å². The third-order valence-corrected chi connectivity index (χ3v) is 5.80. The van der Waals surface area contributed by atoms with Crippen LogP contribution in [0.1, 0.15) is 29.7 Å². The monoisotopic (exact) mass is 459 g/mol. The van der Waals surface area contributed by atoms with Crippen LogP contribution >= 0.6 is 47.8 Å². The molecule has 0 bridgehead atoms. The summed E-state index contributed by atoms with van der Waals surface area (Å²) in [6.07, 6.45) is 0.763. The Bertz CT molecular complexity index is 660. The summed E-state index contributed by atoms with van der Waals surface area (Å²) in [7, 11) is 0. The van der Waals surface area contributed by atoms with Crippen LogP contribution in [0.15, 0.2) is 49.8 Å². The zero-order chi connectivity index (χ0) is 14.3. The molecule has 1 aliphatic heterocycles. The molecule has 5 heteroatoms. The third-order valence-electron chi connectivity index (χ3n) is 3.43. The van der Waals surface area contributed by atoms with E-state index in [0.29, 0.717) is 0 Å². The Morgan fingerprint density at radius 1 is 1.00 bits per heavy atom. The maximum atomic E-state index is 6.28. The molecule has 0 radical (unpaired) electrons. The predicted octanol–water partition coefficient (Wildman–Crippen LogP) is 5.50. The summed E-state index contributed by atoms with van der Waals surface area (Å²) in [5.41, 5.74) is 8.47. The molecule has 104 valence electrons. The van der Waals surface area contributed by atoms with E-state index in [1.807, 2.05) is 24.3 Å². The summed E-state index contributed by atoms with van der Waals surface area (Å²) >= 11 is 10.5. The summed E-state index contributed by atoms with van der Waals surface area (Å²) < 4.78 is 9.17. The van der Waals surface area contributed by atoms with Crippen LogP contribution in [0.2, 0.25) is 0 Å². The van der Waals surface area contributed by atoms with Crippen molar-refractivity contribution in [3.05, 3.63) is 60.9 Å². The molecule has 0 saturated heterocycles. The molecule has 1 unspecified atom stereocenters. The van der Waals surface area contributed by atoms with Gasteiger partial charge in [-0.2, -0.15) is 0 Å². The van der Waals surface area contributed by atoms with Gasteiger partial charge >= 0.3 is 0 Å². The highest BCUT2D eigenvalue weighted by molar-refractivity contribution is 9.13. The van der Waals surface area contributed by atoms with Gasteiger partial charge in [0.05, 0.1) is 0 Å². The van der Waals surface area contributed by atoms with E-state index < -0.39 is 0 Å². The van der Waals surface area contributed by atoms with Gasteiger partial charge < -0.3 is 10.5 Å². The molecule has 1 heterocycles. The van der Waals surface area contributed by atoms with Crippen molar-refractivity contribution >= 4 is 47.8 Å². The van der Waals surface area contributed by atoms with Gasteiger partial charge in [0.25, 0.3) is 0 Å². The molecule has 1 aliphatic rings. The lowest BCUT2D eigenvalue weighted by molar-refractivity contribution is 0.161. The van der Waals surface area contributed by atoms with Crippen molar-refractivity contribution in [1.29, 1.82) is 0 Å². The molecular weight excluding hydrogens is 450 g/mol. The number of hydrogen-bond donors (Lipinski definition) is 1. The van der Waals surface area contributed by atoms with Crippen LogP contribution in [0.5, 0.6) is 5.75 Å². The Hall–Kier alpha value is -0.360. The second-order valence-electron chi connectivity index (χ2n) is 4.80. The molecule has 0 aromatic heterocycles. The summed E-state index contributed by atoms with van der Waals surface area (Å²) in [5, 5.41) is 0. The van der Waals surface area contributed by atoms with E-state index in [1.54, 1.807) is 0 Å². The van der Waals surface area contributed by atoms with E-state index in [0.717, 1.165) is 36.7 Å². The van der Waals surface area contributed by atoms with E-state index in [2.05, 4.69) is 59.9 Å². The van der Waals surface area contributed by atoms with E-state index in [9.17, 15) is 0 Å². The van der Waals surface area contributed by atoms with Crippen LogP contribution in [-0.2, 0) is 0 Å². The van der Waals surface area contributed by atoms with Gasteiger partial charge in [-0.25, -0.2) is 0 Å². The molecule has 20 heavy (non-hydrogen) atoms. The quantitative estimate of drug-likeness (QED) is 0.608. The normalized spacial score (nSPS) is 21.2. The van der Waals surface area contributed by atoms with Crippen LogP contribution < -0.4 is 10.5 Å². The average Bonchev–Trinajstić information content (AvgIpc) is 2.41. The van der Waals surface area contributed by atoms with Gasteiger partial charge in [-0.3, -0.25) is 0 Å². The van der Waals surface area contributed by atoms with Crippen LogP contribution in [0.25, 0.3) is 0 Å². The fourth-order valence-corrected chi connectivity index (χ4v) is 3.38. The minimum absolute atomic E-state index is 0.000674. The maximum Gasteiger partial charge on any atom is 0.126 e. The maximum absolute atomic E-state index is 6.28. The molecule has 0 aliphatic carbocycles. The van der Waals surface area contributed by atoms with Gasteiger partial charge in [-0.1, -0.05) is 28.1 Å². The molecule has 0 saturated carbocycles. The van der Waals surface area contributed by atoms with Crippen LogP contribution in [0.4, 0.5) is 0 Å². The van der Waals surface area contributed by atoms with Crippen molar-refractivity contribution in [1.82, 2.24) is 0 Å². The van der Waals surface area contributed by atoms with Crippen LogP contribution in [0, 0.1) is 0 Å². The Labute approximate surface area is 143 Å². The van der Waals surface area contributed by atoms with Gasteiger partial charge in [0.15, 0.2) is 0 Å².